The second-order valence-corrected chi connectivity index (χ2v) is 6.42. The molecule has 5 nitrogen and oxygen atoms in total. The first kappa shape index (κ1) is 17.2. The summed E-state index contributed by atoms with van der Waals surface area (Å²) < 4.78 is 7.53. The molecule has 2 aromatic heterocycles. The molecule has 0 fully saturated rings. The number of nitrogens with zero attached hydrogens (tertiary/aromatic N) is 4. The highest BCUT2D eigenvalue weighted by atomic mass is 32.2. The molecule has 0 radical (unpaired) electrons. The molecular formula is C19H20N4OS. The number of pyridine rings is 1. The van der Waals surface area contributed by atoms with Crippen molar-refractivity contribution in [3.8, 4) is 17.1 Å². The standard InChI is InChI=1S/C19H20N4OS/c1-3-13-23-18(16-6-4-5-7-17(16)24-2)21-22-19(23)25-14-10-15-8-11-20-12-9-15/h3-9,11-12H,1,10,13-14H2,2H3. The molecule has 0 spiro atoms. The Morgan fingerprint density at radius 3 is 2.72 bits per heavy atom. The van der Waals surface area contributed by atoms with Crippen LogP contribution in [0.1, 0.15) is 5.56 Å². The highest BCUT2D eigenvalue weighted by molar-refractivity contribution is 7.99. The van der Waals surface area contributed by atoms with Crippen LogP contribution in [-0.4, -0.2) is 32.6 Å². The molecule has 6 heteroatoms. The van der Waals surface area contributed by atoms with E-state index in [9.17, 15) is 0 Å². The second kappa shape index (κ2) is 8.48. The van der Waals surface area contributed by atoms with E-state index in [1.807, 2.05) is 54.9 Å². The zero-order valence-electron chi connectivity index (χ0n) is 14.1. The summed E-state index contributed by atoms with van der Waals surface area (Å²) in [4.78, 5) is 4.05. The molecule has 3 aromatic rings. The van der Waals surface area contributed by atoms with Crippen molar-refractivity contribution in [1.82, 2.24) is 19.7 Å². The van der Waals surface area contributed by atoms with Gasteiger partial charge in [0, 0.05) is 24.7 Å². The van der Waals surface area contributed by atoms with Gasteiger partial charge in [-0.15, -0.1) is 16.8 Å². The number of hydrogen-bond acceptors (Lipinski definition) is 5. The maximum absolute atomic E-state index is 5.46. The Labute approximate surface area is 151 Å². The number of allylic oxidation sites excluding steroid dienone is 1. The van der Waals surface area contributed by atoms with Crippen molar-refractivity contribution in [2.75, 3.05) is 12.9 Å². The Kier molecular flexibility index (Phi) is 5.85. The van der Waals surface area contributed by atoms with E-state index < -0.39 is 0 Å². The number of aryl methyl sites for hydroxylation is 1. The van der Waals surface area contributed by atoms with Gasteiger partial charge in [-0.25, -0.2) is 0 Å². The van der Waals surface area contributed by atoms with Gasteiger partial charge in [0.05, 0.1) is 12.7 Å². The number of hydrogen-bond donors (Lipinski definition) is 0. The molecule has 0 aliphatic rings. The maximum Gasteiger partial charge on any atom is 0.191 e. The normalized spacial score (nSPS) is 10.6. The minimum Gasteiger partial charge on any atom is -0.496 e. The number of methoxy groups -OCH3 is 1. The van der Waals surface area contributed by atoms with Crippen LogP contribution in [0.5, 0.6) is 5.75 Å². The summed E-state index contributed by atoms with van der Waals surface area (Å²) in [6.07, 6.45) is 6.45. The molecule has 128 valence electrons. The molecule has 0 unspecified atom stereocenters. The van der Waals surface area contributed by atoms with Gasteiger partial charge in [0.2, 0.25) is 0 Å². The lowest BCUT2D eigenvalue weighted by molar-refractivity contribution is 0.416. The number of benzene rings is 1. The molecule has 0 saturated heterocycles. The third kappa shape index (κ3) is 4.09. The topological polar surface area (TPSA) is 52.8 Å². The van der Waals surface area contributed by atoms with Crippen LogP contribution >= 0.6 is 11.8 Å². The average Bonchev–Trinajstić information content (AvgIpc) is 3.05. The maximum atomic E-state index is 5.46. The van der Waals surface area contributed by atoms with Gasteiger partial charge < -0.3 is 4.74 Å². The fraction of sp³-hybridized carbons (Fsp3) is 0.211. The summed E-state index contributed by atoms with van der Waals surface area (Å²) in [5.74, 6) is 2.50. The molecule has 0 aliphatic heterocycles. The van der Waals surface area contributed by atoms with Crippen LogP contribution in [0.15, 0.2) is 66.6 Å². The van der Waals surface area contributed by atoms with Crippen LogP contribution in [0.3, 0.4) is 0 Å². The lowest BCUT2D eigenvalue weighted by Crippen LogP contribution is -2.02. The summed E-state index contributed by atoms with van der Waals surface area (Å²) in [5.41, 5.74) is 2.20. The third-order valence-electron chi connectivity index (χ3n) is 3.75. The molecule has 0 atom stereocenters. The average molecular weight is 352 g/mol. The summed E-state index contributed by atoms with van der Waals surface area (Å²) in [7, 11) is 1.66. The molecule has 25 heavy (non-hydrogen) atoms. The molecule has 3 rings (SSSR count). The third-order valence-corrected chi connectivity index (χ3v) is 4.72. The van der Waals surface area contributed by atoms with E-state index in [1.165, 1.54) is 5.56 Å². The van der Waals surface area contributed by atoms with Gasteiger partial charge >= 0.3 is 0 Å². The van der Waals surface area contributed by atoms with E-state index in [0.717, 1.165) is 34.5 Å². The Bertz CT molecular complexity index is 832. The molecule has 0 aliphatic carbocycles. The van der Waals surface area contributed by atoms with Crippen molar-refractivity contribution in [3.05, 3.63) is 67.0 Å². The zero-order chi connectivity index (χ0) is 17.5. The van der Waals surface area contributed by atoms with E-state index >= 15 is 0 Å². The Morgan fingerprint density at radius 2 is 1.96 bits per heavy atom. The molecule has 1 aromatic carbocycles. The van der Waals surface area contributed by atoms with Gasteiger partial charge in [-0.2, -0.15) is 0 Å². The largest absolute Gasteiger partial charge is 0.496 e. The Morgan fingerprint density at radius 1 is 1.16 bits per heavy atom. The number of thioether (sulfide) groups is 1. The predicted molar refractivity (Wildman–Crippen MR) is 101 cm³/mol. The van der Waals surface area contributed by atoms with E-state index in [2.05, 4.69) is 26.3 Å². The van der Waals surface area contributed by atoms with Crippen LogP contribution in [0.4, 0.5) is 0 Å². The lowest BCUT2D eigenvalue weighted by atomic mass is 10.2. The van der Waals surface area contributed by atoms with Crippen LogP contribution < -0.4 is 4.74 Å². The van der Waals surface area contributed by atoms with Crippen molar-refractivity contribution < 1.29 is 4.74 Å². The molecule has 0 saturated carbocycles. The van der Waals surface area contributed by atoms with E-state index in [1.54, 1.807) is 18.9 Å². The van der Waals surface area contributed by atoms with Crippen molar-refractivity contribution in [2.24, 2.45) is 0 Å². The highest BCUT2D eigenvalue weighted by Crippen LogP contribution is 2.31. The van der Waals surface area contributed by atoms with E-state index in [0.29, 0.717) is 6.54 Å². The monoisotopic (exact) mass is 352 g/mol. The van der Waals surface area contributed by atoms with Crippen molar-refractivity contribution in [3.63, 3.8) is 0 Å². The van der Waals surface area contributed by atoms with Crippen LogP contribution in [0, 0.1) is 0 Å². The number of ether oxygens (including phenoxy) is 1. The second-order valence-electron chi connectivity index (χ2n) is 5.36. The van der Waals surface area contributed by atoms with Gasteiger partial charge in [0.1, 0.15) is 5.75 Å². The predicted octanol–water partition coefficient (Wildman–Crippen LogP) is 3.87. The highest BCUT2D eigenvalue weighted by Gasteiger charge is 2.16. The van der Waals surface area contributed by atoms with Crippen LogP contribution in [0.2, 0.25) is 0 Å². The van der Waals surface area contributed by atoms with E-state index in [-0.39, 0.29) is 0 Å². The number of aromatic nitrogens is 4. The van der Waals surface area contributed by atoms with Crippen LogP contribution in [0.25, 0.3) is 11.4 Å². The molecule has 0 N–H and O–H groups in total. The minimum atomic E-state index is 0.651. The Balaban J connectivity index is 1.81. The van der Waals surface area contributed by atoms with Crippen molar-refractivity contribution in [1.29, 1.82) is 0 Å². The first-order valence-electron chi connectivity index (χ1n) is 8.02. The number of para-hydroxylation sites is 1. The number of rotatable bonds is 8. The molecular weight excluding hydrogens is 332 g/mol. The summed E-state index contributed by atoms with van der Waals surface area (Å²) in [6, 6.07) is 11.9. The SMILES string of the molecule is C=CCn1c(SCCc2ccncc2)nnc1-c1ccccc1OC. The van der Waals surface area contributed by atoms with E-state index in [4.69, 9.17) is 4.74 Å². The van der Waals surface area contributed by atoms with Crippen LogP contribution in [-0.2, 0) is 13.0 Å². The summed E-state index contributed by atoms with van der Waals surface area (Å²) in [5, 5.41) is 9.66. The summed E-state index contributed by atoms with van der Waals surface area (Å²) in [6.45, 7) is 4.51. The Hall–Kier alpha value is -2.60. The zero-order valence-corrected chi connectivity index (χ0v) is 14.9. The van der Waals surface area contributed by atoms with Crippen molar-refractivity contribution in [2.45, 2.75) is 18.1 Å². The quantitative estimate of drug-likeness (QED) is 0.455. The van der Waals surface area contributed by atoms with Gasteiger partial charge in [-0.3, -0.25) is 9.55 Å². The van der Waals surface area contributed by atoms with Crippen molar-refractivity contribution >= 4 is 11.8 Å². The molecule has 2 heterocycles. The van der Waals surface area contributed by atoms with Gasteiger partial charge in [-0.1, -0.05) is 30.0 Å². The smallest absolute Gasteiger partial charge is 0.191 e. The fourth-order valence-electron chi connectivity index (χ4n) is 2.53. The first-order chi connectivity index (χ1) is 12.3. The first-order valence-corrected chi connectivity index (χ1v) is 9.01. The summed E-state index contributed by atoms with van der Waals surface area (Å²) >= 11 is 1.69. The fourth-order valence-corrected chi connectivity index (χ4v) is 3.46. The van der Waals surface area contributed by atoms with Gasteiger partial charge in [0.25, 0.3) is 0 Å². The minimum absolute atomic E-state index is 0.651. The lowest BCUT2D eigenvalue weighted by Gasteiger charge is -2.10. The van der Waals surface area contributed by atoms with Gasteiger partial charge in [-0.05, 0) is 36.2 Å². The molecule has 0 bridgehead atoms. The van der Waals surface area contributed by atoms with Gasteiger partial charge in [0.15, 0.2) is 11.0 Å². The molecule has 0 amide bonds.